The molecule has 0 saturated carbocycles. The number of rotatable bonds is 5. The van der Waals surface area contributed by atoms with Gasteiger partial charge in [-0.1, -0.05) is 30.3 Å². The van der Waals surface area contributed by atoms with Gasteiger partial charge in [0.1, 0.15) is 10.5 Å². The van der Waals surface area contributed by atoms with Gasteiger partial charge in [0.2, 0.25) is 16.2 Å². The van der Waals surface area contributed by atoms with Crippen molar-refractivity contribution in [2.75, 3.05) is 36.4 Å². The van der Waals surface area contributed by atoms with Gasteiger partial charge >= 0.3 is 6.09 Å². The molecular formula is C25H28N4O5S. The van der Waals surface area contributed by atoms with Crippen molar-refractivity contribution < 1.29 is 22.7 Å². The number of carbonyl (C=O) groups is 2. The van der Waals surface area contributed by atoms with Gasteiger partial charge in [0, 0.05) is 31.6 Å². The van der Waals surface area contributed by atoms with Crippen molar-refractivity contribution in [2.45, 2.75) is 36.2 Å². The molecule has 9 nitrogen and oxygen atoms in total. The van der Waals surface area contributed by atoms with Crippen LogP contribution in [0.1, 0.15) is 20.8 Å². The van der Waals surface area contributed by atoms with E-state index in [1.165, 1.54) is 18.3 Å². The summed E-state index contributed by atoms with van der Waals surface area (Å²) in [5.74, 6) is 0. The molecule has 1 saturated heterocycles. The molecule has 0 spiro atoms. The van der Waals surface area contributed by atoms with Crippen LogP contribution in [0.3, 0.4) is 0 Å². The third kappa shape index (κ3) is 5.07. The highest BCUT2D eigenvalue weighted by molar-refractivity contribution is 7.92. The minimum Gasteiger partial charge on any atom is -0.444 e. The maximum absolute atomic E-state index is 13.6. The number of anilines is 2. The lowest BCUT2D eigenvalue weighted by Crippen LogP contribution is -2.50. The molecule has 35 heavy (non-hydrogen) atoms. The quantitative estimate of drug-likeness (QED) is 0.537. The summed E-state index contributed by atoms with van der Waals surface area (Å²) < 4.78 is 32.7. The molecule has 3 aromatic rings. The number of fused-ring (bicyclic) bond motifs is 1. The number of nitrogens with one attached hydrogen (secondary N) is 1. The van der Waals surface area contributed by atoms with Crippen molar-refractivity contribution in [3.8, 4) is 0 Å². The van der Waals surface area contributed by atoms with E-state index < -0.39 is 15.4 Å². The Labute approximate surface area is 204 Å². The van der Waals surface area contributed by atoms with Crippen LogP contribution in [-0.2, 0) is 19.4 Å². The van der Waals surface area contributed by atoms with Crippen LogP contribution in [0, 0.1) is 0 Å². The molecule has 184 valence electrons. The zero-order valence-electron chi connectivity index (χ0n) is 19.9. The molecule has 4 rings (SSSR count). The van der Waals surface area contributed by atoms with E-state index in [2.05, 4.69) is 15.2 Å². The Bertz CT molecular complexity index is 1350. The van der Waals surface area contributed by atoms with Gasteiger partial charge in [0.15, 0.2) is 0 Å². The Hall–Kier alpha value is -3.66. The second-order valence-electron chi connectivity index (χ2n) is 9.21. The standard InChI is InChI=1S/C25H28N4O5S/c1-25(2,3)34-24(31)29-14-12-28(13-15-29)21-11-7-10-19-22(21)26-16-20(27-17-30)23(19)35(32,33)18-8-5-4-6-9-18/h4-11,16-17H,12-15H2,1-3H3,(H,27,30). The number of pyridine rings is 1. The summed E-state index contributed by atoms with van der Waals surface area (Å²) in [7, 11) is -3.95. The molecule has 10 heteroatoms. The minimum absolute atomic E-state index is 0.00459. The largest absolute Gasteiger partial charge is 0.444 e. The number of nitrogens with zero attached hydrogens (tertiary/aromatic N) is 3. The summed E-state index contributed by atoms with van der Waals surface area (Å²) in [5.41, 5.74) is 0.808. The van der Waals surface area contributed by atoms with Crippen molar-refractivity contribution in [3.05, 3.63) is 54.7 Å². The topological polar surface area (TPSA) is 109 Å². The van der Waals surface area contributed by atoms with Crippen LogP contribution in [0.25, 0.3) is 10.9 Å². The molecule has 0 atom stereocenters. The summed E-state index contributed by atoms with van der Waals surface area (Å²) in [6.07, 6.45) is 1.45. The van der Waals surface area contributed by atoms with E-state index in [9.17, 15) is 18.0 Å². The van der Waals surface area contributed by atoms with Crippen LogP contribution in [-0.4, -0.2) is 62.6 Å². The molecule has 1 aromatic heterocycles. The molecule has 2 heterocycles. The van der Waals surface area contributed by atoms with Gasteiger partial charge in [0.25, 0.3) is 0 Å². The van der Waals surface area contributed by atoms with Crippen LogP contribution in [0.4, 0.5) is 16.2 Å². The number of sulfone groups is 1. The number of hydrogen-bond acceptors (Lipinski definition) is 7. The fourth-order valence-corrected chi connectivity index (χ4v) is 5.67. The van der Waals surface area contributed by atoms with Gasteiger partial charge < -0.3 is 19.9 Å². The van der Waals surface area contributed by atoms with Crippen molar-refractivity contribution in [1.82, 2.24) is 9.88 Å². The highest BCUT2D eigenvalue weighted by atomic mass is 32.2. The Morgan fingerprint density at radius 1 is 1.03 bits per heavy atom. The lowest BCUT2D eigenvalue weighted by atomic mass is 10.1. The van der Waals surface area contributed by atoms with Crippen LogP contribution in [0.5, 0.6) is 0 Å². The molecule has 0 aliphatic carbocycles. The summed E-state index contributed by atoms with van der Waals surface area (Å²) in [5, 5.41) is 2.90. The van der Waals surface area contributed by atoms with Gasteiger partial charge in [-0.05, 0) is 39.0 Å². The average Bonchev–Trinajstić information content (AvgIpc) is 2.83. The monoisotopic (exact) mass is 496 g/mol. The van der Waals surface area contributed by atoms with E-state index in [-0.39, 0.29) is 21.6 Å². The van der Waals surface area contributed by atoms with Crippen molar-refractivity contribution in [3.63, 3.8) is 0 Å². The molecular weight excluding hydrogens is 468 g/mol. The molecule has 0 bridgehead atoms. The van der Waals surface area contributed by atoms with Crippen LogP contribution >= 0.6 is 0 Å². The number of hydrogen-bond donors (Lipinski definition) is 1. The number of aromatic nitrogens is 1. The Kier molecular flexibility index (Phi) is 6.66. The minimum atomic E-state index is -3.95. The molecule has 1 aliphatic rings. The normalized spacial score (nSPS) is 14.6. The van der Waals surface area contributed by atoms with Gasteiger partial charge in [0.05, 0.1) is 28.0 Å². The third-order valence-electron chi connectivity index (χ3n) is 5.64. The Balaban J connectivity index is 1.72. The molecule has 2 amide bonds. The van der Waals surface area contributed by atoms with Crippen LogP contribution in [0.15, 0.2) is 64.5 Å². The zero-order chi connectivity index (χ0) is 25.2. The van der Waals surface area contributed by atoms with E-state index in [1.54, 1.807) is 35.2 Å². The number of carbonyl (C=O) groups excluding carboxylic acids is 2. The maximum Gasteiger partial charge on any atom is 0.410 e. The van der Waals surface area contributed by atoms with E-state index in [0.29, 0.717) is 43.5 Å². The first kappa shape index (κ1) is 24.5. The molecule has 1 fully saturated rings. The molecule has 0 unspecified atom stereocenters. The maximum atomic E-state index is 13.6. The van der Waals surface area contributed by atoms with Crippen molar-refractivity contribution >= 4 is 44.6 Å². The average molecular weight is 497 g/mol. The predicted molar refractivity (Wildman–Crippen MR) is 133 cm³/mol. The first-order chi connectivity index (χ1) is 16.6. The number of para-hydroxylation sites is 1. The van der Waals surface area contributed by atoms with Gasteiger partial charge in [-0.2, -0.15) is 0 Å². The van der Waals surface area contributed by atoms with Crippen molar-refractivity contribution in [2.24, 2.45) is 0 Å². The van der Waals surface area contributed by atoms with Crippen LogP contribution in [0.2, 0.25) is 0 Å². The lowest BCUT2D eigenvalue weighted by molar-refractivity contribution is -0.105. The molecule has 1 N–H and O–H groups in total. The summed E-state index contributed by atoms with van der Waals surface area (Å²) in [6, 6.07) is 13.4. The Morgan fingerprint density at radius 3 is 2.34 bits per heavy atom. The third-order valence-corrected chi connectivity index (χ3v) is 7.51. The van der Waals surface area contributed by atoms with Gasteiger partial charge in [-0.3, -0.25) is 9.78 Å². The van der Waals surface area contributed by atoms with E-state index in [4.69, 9.17) is 4.74 Å². The van der Waals surface area contributed by atoms with Gasteiger partial charge in [-0.25, -0.2) is 13.2 Å². The number of benzene rings is 2. The highest BCUT2D eigenvalue weighted by Gasteiger charge is 2.29. The van der Waals surface area contributed by atoms with Crippen LogP contribution < -0.4 is 10.2 Å². The zero-order valence-corrected chi connectivity index (χ0v) is 20.7. The van der Waals surface area contributed by atoms with E-state index in [0.717, 1.165) is 5.69 Å². The highest BCUT2D eigenvalue weighted by Crippen LogP contribution is 2.37. The smallest absolute Gasteiger partial charge is 0.410 e. The molecule has 1 aliphatic heterocycles. The van der Waals surface area contributed by atoms with Gasteiger partial charge in [-0.15, -0.1) is 0 Å². The second-order valence-corrected chi connectivity index (χ2v) is 11.1. The molecule has 2 aromatic carbocycles. The fourth-order valence-electron chi connectivity index (χ4n) is 4.07. The van der Waals surface area contributed by atoms with Crippen molar-refractivity contribution in [1.29, 1.82) is 0 Å². The predicted octanol–water partition coefficient (Wildman–Crippen LogP) is 3.69. The SMILES string of the molecule is CC(C)(C)OC(=O)N1CCN(c2cccc3c(S(=O)(=O)c4ccccc4)c(NC=O)cnc23)CC1. The summed E-state index contributed by atoms with van der Waals surface area (Å²) in [6.45, 7) is 7.49. The molecule has 0 radical (unpaired) electrons. The lowest BCUT2D eigenvalue weighted by Gasteiger charge is -2.37. The number of ether oxygens (including phenoxy) is 1. The first-order valence-corrected chi connectivity index (χ1v) is 12.7. The second kappa shape index (κ2) is 9.53. The summed E-state index contributed by atoms with van der Waals surface area (Å²) in [4.78, 5) is 32.0. The number of amides is 2. The Morgan fingerprint density at radius 2 is 1.71 bits per heavy atom. The fraction of sp³-hybridized carbons (Fsp3) is 0.320. The van der Waals surface area contributed by atoms with E-state index in [1.807, 2.05) is 26.8 Å². The summed E-state index contributed by atoms with van der Waals surface area (Å²) >= 11 is 0. The van der Waals surface area contributed by atoms with E-state index >= 15 is 0 Å². The number of piperazine rings is 1. The first-order valence-electron chi connectivity index (χ1n) is 11.3.